The van der Waals surface area contributed by atoms with Gasteiger partial charge in [-0.1, -0.05) is 26.0 Å². The highest BCUT2D eigenvalue weighted by atomic mass is 32.2. The number of nitrogens with two attached hydrogens (primary N) is 1. The molecule has 0 saturated carbocycles. The molecule has 0 radical (unpaired) electrons. The molecule has 0 bridgehead atoms. The zero-order valence-corrected chi connectivity index (χ0v) is 61.8. The van der Waals surface area contributed by atoms with Crippen molar-refractivity contribution in [3.63, 3.8) is 0 Å². The van der Waals surface area contributed by atoms with Crippen molar-refractivity contribution in [2.45, 2.75) is 182 Å². The maximum Gasteiger partial charge on any atom is 0.336 e. The van der Waals surface area contributed by atoms with Gasteiger partial charge in [0, 0.05) is 79.1 Å². The van der Waals surface area contributed by atoms with E-state index in [-0.39, 0.29) is 92.6 Å². The zero-order valence-electron chi connectivity index (χ0n) is 60.9. The molecule has 1 aliphatic rings. The number of aromatic amines is 1. The van der Waals surface area contributed by atoms with E-state index in [4.69, 9.17) is 38.6 Å². The quantitative estimate of drug-likeness (QED) is 0.00871. The molecular weight excluding hydrogens is 1350 g/mol. The van der Waals surface area contributed by atoms with E-state index in [0.717, 1.165) is 41.1 Å². The third-order valence-electron chi connectivity index (χ3n) is 17.0. The topological polar surface area (TPSA) is 412 Å². The lowest BCUT2D eigenvalue weighted by Crippen LogP contribution is -2.51. The minimum Gasteiger partial charge on any atom is -0.493 e. The number of aryl methyl sites for hydroxylation is 4. The minimum atomic E-state index is -4.22. The molecular formula is C72H101N13O17S. The molecule has 30 nitrogen and oxygen atoms in total. The lowest BCUT2D eigenvalue weighted by atomic mass is 9.92. The number of aliphatic imine (C=N–C) groups is 1. The fourth-order valence-corrected chi connectivity index (χ4v) is 13.2. The number of carbonyl (C=O) groups is 6. The van der Waals surface area contributed by atoms with Crippen LogP contribution in [-0.2, 0) is 74.0 Å². The van der Waals surface area contributed by atoms with Gasteiger partial charge < -0.3 is 70.3 Å². The number of guanidine groups is 1. The second-order valence-corrected chi connectivity index (χ2v) is 29.0. The molecule has 0 saturated heterocycles. The fraction of sp³-hybridized carbons (Fsp3) is 0.542. The molecule has 3 aromatic carbocycles. The largest absolute Gasteiger partial charge is 0.493 e. The molecule has 0 spiro atoms. The number of sulfonamides is 1. The van der Waals surface area contributed by atoms with E-state index in [1.165, 1.54) is 24.3 Å². The normalized spacial score (nSPS) is 13.4. The summed E-state index contributed by atoms with van der Waals surface area (Å²) in [6.45, 7) is 22.7. The Balaban J connectivity index is 0.852. The number of unbranched alkanes of at least 4 members (excludes halogenated alkanes) is 1. The van der Waals surface area contributed by atoms with Crippen molar-refractivity contribution in [2.75, 3.05) is 77.8 Å². The van der Waals surface area contributed by atoms with E-state index in [9.17, 15) is 47.1 Å². The first-order valence-corrected chi connectivity index (χ1v) is 36.2. The van der Waals surface area contributed by atoms with Crippen LogP contribution in [0.2, 0.25) is 0 Å². The maximum atomic E-state index is 14.0. The standard InChI is InChI=1S/C72H101N13O17S/c1-44-35-64(89)101-60-38-51(21-22-55(44)60)77-68(91)59(19-12-13-24-74-62(87)41-71(7,8)9)79-63(88)42-76-67(90)58(20-14-25-75-70(73)83-103(94,95)66-46(3)45(2)65-57(47(66)4)40-72(10,11)102-65)78-61(86)23-29-96-31-33-98-34-32-97-30-26-85-43-52(82-84-85)17-15-27-99-53-36-50(69(92)93)37-54(39-53)100-28-16-18-56-48(5)80-81-49(56)6/h21-22,35-39,43,58-59H,12-20,23-34,40-42H2,1-11H3,(H,74,87)(H,76,90)(H,77,91)(H,78,86)(H,79,88)(H,80,81)(H,92,93)(H3,73,75,83). The molecule has 2 atom stereocenters. The van der Waals surface area contributed by atoms with E-state index in [1.54, 1.807) is 43.7 Å². The van der Waals surface area contributed by atoms with Crippen molar-refractivity contribution in [3.05, 3.63) is 115 Å². The second-order valence-electron chi connectivity index (χ2n) is 27.4. The molecule has 1 aliphatic heterocycles. The fourth-order valence-electron chi connectivity index (χ4n) is 11.7. The Bertz CT molecular complexity index is 4120. The number of carbonyl (C=O) groups excluding carboxylic acids is 5. The van der Waals surface area contributed by atoms with Gasteiger partial charge in [-0.05, 0) is 171 Å². The van der Waals surface area contributed by atoms with Gasteiger partial charge in [-0.3, -0.25) is 34.1 Å². The van der Waals surface area contributed by atoms with Gasteiger partial charge in [-0.25, -0.2) is 27.4 Å². The molecule has 6 aromatic rings. The van der Waals surface area contributed by atoms with Gasteiger partial charge in [0.2, 0.25) is 35.5 Å². The predicted molar refractivity (Wildman–Crippen MR) is 385 cm³/mol. The van der Waals surface area contributed by atoms with Gasteiger partial charge in [-0.2, -0.15) is 5.10 Å². The van der Waals surface area contributed by atoms with Gasteiger partial charge >= 0.3 is 11.6 Å². The number of benzene rings is 3. The highest BCUT2D eigenvalue weighted by Gasteiger charge is 2.37. The Kier molecular flexibility index (Phi) is 30.0. The monoisotopic (exact) mass is 1450 g/mol. The number of aromatic carboxylic acids is 1. The van der Waals surface area contributed by atoms with Crippen molar-refractivity contribution in [2.24, 2.45) is 16.1 Å². The molecule has 3 aromatic heterocycles. The number of nitrogens with one attached hydrogen (secondary N) is 7. The molecule has 4 heterocycles. The minimum absolute atomic E-state index is 0.0282. The number of carboxylic acids is 1. The van der Waals surface area contributed by atoms with Crippen LogP contribution in [0.3, 0.4) is 0 Å². The third-order valence-corrected chi connectivity index (χ3v) is 18.6. The van der Waals surface area contributed by atoms with Crippen LogP contribution in [0.1, 0.15) is 153 Å². The number of anilines is 1. The first-order valence-electron chi connectivity index (χ1n) is 34.7. The molecule has 562 valence electrons. The Morgan fingerprint density at radius 1 is 0.767 bits per heavy atom. The summed E-state index contributed by atoms with van der Waals surface area (Å²) in [6.07, 6.45) is 6.30. The molecule has 5 amide bonds. The maximum absolute atomic E-state index is 14.0. The lowest BCUT2D eigenvalue weighted by Gasteiger charge is -2.21. The van der Waals surface area contributed by atoms with Crippen LogP contribution in [0.5, 0.6) is 17.2 Å². The van der Waals surface area contributed by atoms with Crippen molar-refractivity contribution in [1.82, 2.24) is 51.2 Å². The molecule has 7 rings (SSSR count). The number of aromatic nitrogens is 5. The number of rotatable bonds is 42. The van der Waals surface area contributed by atoms with E-state index in [0.29, 0.717) is 122 Å². The smallest absolute Gasteiger partial charge is 0.336 e. The average Bonchev–Trinajstić information content (AvgIpc) is 1.66. The van der Waals surface area contributed by atoms with E-state index >= 15 is 0 Å². The highest BCUT2D eigenvalue weighted by molar-refractivity contribution is 7.90. The Labute approximate surface area is 600 Å². The van der Waals surface area contributed by atoms with Crippen molar-refractivity contribution in [3.8, 4) is 17.2 Å². The summed E-state index contributed by atoms with van der Waals surface area (Å²) in [4.78, 5) is 95.8. The van der Waals surface area contributed by atoms with Gasteiger partial charge in [0.1, 0.15) is 40.5 Å². The van der Waals surface area contributed by atoms with Gasteiger partial charge in [-0.15, -0.1) is 5.10 Å². The van der Waals surface area contributed by atoms with Crippen molar-refractivity contribution < 1.29 is 75.1 Å². The second kappa shape index (κ2) is 38.2. The summed E-state index contributed by atoms with van der Waals surface area (Å²) in [5.74, 6) is -2.74. The molecule has 2 unspecified atom stereocenters. The number of fused-ring (bicyclic) bond motifs is 2. The summed E-state index contributed by atoms with van der Waals surface area (Å²) in [5, 5.41) is 39.7. The molecule has 0 fully saturated rings. The van der Waals surface area contributed by atoms with Crippen LogP contribution in [0, 0.1) is 47.0 Å². The van der Waals surface area contributed by atoms with Crippen LogP contribution < -0.4 is 56.9 Å². The number of H-pyrrole nitrogens is 1. The number of hydrogen-bond acceptors (Lipinski definition) is 20. The summed E-state index contributed by atoms with van der Waals surface area (Å²) < 4.78 is 72.2. The molecule has 10 N–H and O–H groups in total. The van der Waals surface area contributed by atoms with Crippen LogP contribution in [0.4, 0.5) is 5.69 Å². The van der Waals surface area contributed by atoms with Crippen LogP contribution in [-0.4, -0.2) is 170 Å². The van der Waals surface area contributed by atoms with Crippen LogP contribution >= 0.6 is 0 Å². The summed E-state index contributed by atoms with van der Waals surface area (Å²) in [5.41, 5.74) is 12.6. The Hall–Kier alpha value is -9.46. The number of nitrogens with zero attached hydrogens (tertiary/aromatic N) is 5. The SMILES string of the molecule is Cc1n[nH]c(C)c1CCCOc1cc(OCCCc2cn(CCOCCOCCOCCC(=O)NC(CCCN=C(N)NS(=O)(=O)c3c(C)c(C)c4c(c3C)CC(C)(C)O4)C(=O)NCC(=O)NC(CCCCNC(=O)CC(C)(C)C)C(=O)Nc3ccc4c(C)cc(=O)oc4c3)nn2)cc(C(=O)O)c1. The Morgan fingerprint density at radius 2 is 1.43 bits per heavy atom. The average molecular weight is 1450 g/mol. The number of amides is 5. The molecule has 0 aliphatic carbocycles. The Morgan fingerprint density at radius 3 is 2.11 bits per heavy atom. The number of hydrogen-bond donors (Lipinski definition) is 9. The number of carboxylic acid groups (broad SMARTS) is 1. The first kappa shape index (κ1) is 80.8. The van der Waals surface area contributed by atoms with Gasteiger partial charge in [0.15, 0.2) is 0 Å². The van der Waals surface area contributed by atoms with Gasteiger partial charge in [0.25, 0.3) is 10.0 Å². The first-order chi connectivity index (χ1) is 48.8. The highest BCUT2D eigenvalue weighted by Crippen LogP contribution is 2.44. The third kappa shape index (κ3) is 25.8. The number of ether oxygens (including phenoxy) is 6. The zero-order chi connectivity index (χ0) is 75.0. The van der Waals surface area contributed by atoms with Crippen LogP contribution in [0.15, 0.2) is 67.8 Å². The van der Waals surface area contributed by atoms with E-state index in [2.05, 4.69) is 56.8 Å². The summed E-state index contributed by atoms with van der Waals surface area (Å²) >= 11 is 0. The van der Waals surface area contributed by atoms with E-state index in [1.807, 2.05) is 61.6 Å². The predicted octanol–water partition coefficient (Wildman–Crippen LogP) is 6.35. The van der Waals surface area contributed by atoms with Gasteiger partial charge in [0.05, 0.1) is 87.8 Å². The summed E-state index contributed by atoms with van der Waals surface area (Å²) in [7, 11) is -4.22. The molecule has 31 heteroatoms. The van der Waals surface area contributed by atoms with Crippen LogP contribution in [0.25, 0.3) is 11.0 Å². The summed E-state index contributed by atoms with van der Waals surface area (Å²) in [6, 6.07) is 8.49. The lowest BCUT2D eigenvalue weighted by molar-refractivity contribution is -0.131. The molecule has 103 heavy (non-hydrogen) atoms. The van der Waals surface area contributed by atoms with E-state index < -0.39 is 75.4 Å². The van der Waals surface area contributed by atoms with Crippen molar-refractivity contribution >= 4 is 68.1 Å². The van der Waals surface area contributed by atoms with Crippen molar-refractivity contribution in [1.29, 1.82) is 0 Å².